The molecule has 1 amide bonds. The number of thiazole rings is 1. The van der Waals surface area contributed by atoms with E-state index in [1.807, 2.05) is 56.3 Å². The molecule has 4 aromatic rings. The maximum atomic E-state index is 12.5. The van der Waals surface area contributed by atoms with Gasteiger partial charge < -0.3 is 10.1 Å². The second kappa shape index (κ2) is 8.28. The molecule has 0 aliphatic heterocycles. The first kappa shape index (κ1) is 20.1. The molecule has 152 valence electrons. The SMILES string of the molecule is Cc1ccc2nc(-c3ccc(NC(=O)C(C)Oc4ccc(C)c(C)c4)cc3)sc2c1. The molecule has 0 spiro atoms. The van der Waals surface area contributed by atoms with Crippen molar-refractivity contribution in [3.63, 3.8) is 0 Å². The van der Waals surface area contributed by atoms with Crippen molar-refractivity contribution in [2.75, 3.05) is 5.32 Å². The van der Waals surface area contributed by atoms with Crippen LogP contribution in [0.2, 0.25) is 0 Å². The average Bonchev–Trinajstić information content (AvgIpc) is 3.14. The number of rotatable bonds is 5. The van der Waals surface area contributed by atoms with Gasteiger partial charge in [0.2, 0.25) is 0 Å². The minimum atomic E-state index is -0.598. The number of aryl methyl sites for hydroxylation is 3. The Kier molecular flexibility index (Phi) is 5.55. The fourth-order valence-electron chi connectivity index (χ4n) is 3.14. The van der Waals surface area contributed by atoms with E-state index in [0.717, 1.165) is 27.3 Å². The van der Waals surface area contributed by atoms with E-state index in [-0.39, 0.29) is 5.91 Å². The molecule has 1 heterocycles. The molecule has 4 rings (SSSR count). The summed E-state index contributed by atoms with van der Waals surface area (Å²) in [5.74, 6) is 0.513. The third kappa shape index (κ3) is 4.36. The molecule has 0 aliphatic rings. The first-order chi connectivity index (χ1) is 14.4. The monoisotopic (exact) mass is 416 g/mol. The van der Waals surface area contributed by atoms with Gasteiger partial charge in [-0.15, -0.1) is 11.3 Å². The molecule has 0 aliphatic carbocycles. The van der Waals surface area contributed by atoms with Crippen molar-refractivity contribution in [1.82, 2.24) is 4.98 Å². The van der Waals surface area contributed by atoms with E-state index in [2.05, 4.69) is 30.4 Å². The van der Waals surface area contributed by atoms with Crippen molar-refractivity contribution in [3.8, 4) is 16.3 Å². The number of benzene rings is 3. The van der Waals surface area contributed by atoms with Gasteiger partial charge in [-0.25, -0.2) is 4.98 Å². The summed E-state index contributed by atoms with van der Waals surface area (Å²) in [5.41, 5.74) is 6.34. The van der Waals surface area contributed by atoms with Crippen LogP contribution in [0.15, 0.2) is 60.7 Å². The lowest BCUT2D eigenvalue weighted by molar-refractivity contribution is -0.122. The third-order valence-electron chi connectivity index (χ3n) is 5.10. The number of amides is 1. The maximum absolute atomic E-state index is 12.5. The number of hydrogen-bond donors (Lipinski definition) is 1. The van der Waals surface area contributed by atoms with Gasteiger partial charge in [0, 0.05) is 11.3 Å². The molecule has 1 aromatic heterocycles. The molecule has 30 heavy (non-hydrogen) atoms. The zero-order chi connectivity index (χ0) is 21.3. The highest BCUT2D eigenvalue weighted by Crippen LogP contribution is 2.31. The molecule has 0 radical (unpaired) electrons. The minimum Gasteiger partial charge on any atom is -0.481 e. The van der Waals surface area contributed by atoms with Gasteiger partial charge in [0.05, 0.1) is 10.2 Å². The van der Waals surface area contributed by atoms with Crippen molar-refractivity contribution >= 4 is 33.1 Å². The lowest BCUT2D eigenvalue weighted by Crippen LogP contribution is -2.30. The molecule has 1 N–H and O–H groups in total. The van der Waals surface area contributed by atoms with E-state index in [4.69, 9.17) is 9.72 Å². The molecule has 0 bridgehead atoms. The predicted octanol–water partition coefficient (Wildman–Crippen LogP) is 6.29. The summed E-state index contributed by atoms with van der Waals surface area (Å²) in [4.78, 5) is 17.2. The van der Waals surface area contributed by atoms with Gasteiger partial charge in [-0.05, 0) is 92.9 Å². The number of carbonyl (C=O) groups excluding carboxylic acids is 1. The summed E-state index contributed by atoms with van der Waals surface area (Å²) >= 11 is 1.67. The van der Waals surface area contributed by atoms with Gasteiger partial charge in [-0.1, -0.05) is 12.1 Å². The third-order valence-corrected chi connectivity index (χ3v) is 6.17. The van der Waals surface area contributed by atoms with Crippen LogP contribution in [0.25, 0.3) is 20.8 Å². The largest absolute Gasteiger partial charge is 0.481 e. The van der Waals surface area contributed by atoms with Gasteiger partial charge in [-0.2, -0.15) is 0 Å². The van der Waals surface area contributed by atoms with Gasteiger partial charge in [0.25, 0.3) is 5.91 Å². The van der Waals surface area contributed by atoms with Crippen LogP contribution in [-0.2, 0) is 4.79 Å². The standard InChI is InChI=1S/C25H24N2O2S/c1-15-5-12-22-23(13-15)30-25(27-22)19-7-9-20(10-8-19)26-24(28)18(4)29-21-11-6-16(2)17(3)14-21/h5-14,18H,1-4H3,(H,26,28). The first-order valence-electron chi connectivity index (χ1n) is 9.91. The summed E-state index contributed by atoms with van der Waals surface area (Å²) in [7, 11) is 0. The van der Waals surface area contributed by atoms with Crippen LogP contribution in [-0.4, -0.2) is 17.0 Å². The smallest absolute Gasteiger partial charge is 0.265 e. The summed E-state index contributed by atoms with van der Waals surface area (Å²) in [6.45, 7) is 7.92. The van der Waals surface area contributed by atoms with Crippen LogP contribution in [0.4, 0.5) is 5.69 Å². The van der Waals surface area contributed by atoms with Crippen LogP contribution in [0.1, 0.15) is 23.6 Å². The van der Waals surface area contributed by atoms with Gasteiger partial charge in [0.1, 0.15) is 10.8 Å². The fourth-order valence-corrected chi connectivity index (χ4v) is 4.21. The van der Waals surface area contributed by atoms with Crippen LogP contribution in [0.5, 0.6) is 5.75 Å². The topological polar surface area (TPSA) is 51.2 Å². The zero-order valence-electron chi connectivity index (χ0n) is 17.5. The summed E-state index contributed by atoms with van der Waals surface area (Å²) in [5, 5.41) is 3.89. The number of nitrogens with one attached hydrogen (secondary N) is 1. The number of nitrogens with zero attached hydrogens (tertiary/aromatic N) is 1. The van der Waals surface area contributed by atoms with Crippen LogP contribution in [0.3, 0.4) is 0 Å². The molecule has 1 unspecified atom stereocenters. The molecule has 1 atom stereocenters. The molecule has 5 heteroatoms. The van der Waals surface area contributed by atoms with Crippen LogP contribution >= 0.6 is 11.3 Å². The lowest BCUT2D eigenvalue weighted by atomic mass is 10.1. The number of carbonyl (C=O) groups is 1. The number of ether oxygens (including phenoxy) is 1. The first-order valence-corrected chi connectivity index (χ1v) is 10.7. The van der Waals surface area contributed by atoms with Crippen molar-refractivity contribution < 1.29 is 9.53 Å². The quantitative estimate of drug-likeness (QED) is 0.416. The Morgan fingerprint density at radius 3 is 2.47 bits per heavy atom. The second-order valence-corrected chi connectivity index (χ2v) is 8.59. The number of anilines is 1. The lowest BCUT2D eigenvalue weighted by Gasteiger charge is -2.15. The van der Waals surface area contributed by atoms with Crippen molar-refractivity contribution in [1.29, 1.82) is 0 Å². The molecular weight excluding hydrogens is 392 g/mol. The van der Waals surface area contributed by atoms with Crippen molar-refractivity contribution in [2.24, 2.45) is 0 Å². The molecule has 4 nitrogen and oxygen atoms in total. The van der Waals surface area contributed by atoms with Gasteiger partial charge in [-0.3, -0.25) is 4.79 Å². The molecular formula is C25H24N2O2S. The molecule has 0 saturated heterocycles. The van der Waals surface area contributed by atoms with E-state index in [1.165, 1.54) is 15.8 Å². The Labute approximate surface area is 180 Å². The molecule has 0 saturated carbocycles. The van der Waals surface area contributed by atoms with Crippen LogP contribution in [0, 0.1) is 20.8 Å². The maximum Gasteiger partial charge on any atom is 0.265 e. The summed E-state index contributed by atoms with van der Waals surface area (Å²) in [6.07, 6.45) is -0.598. The summed E-state index contributed by atoms with van der Waals surface area (Å²) < 4.78 is 6.98. The number of aromatic nitrogens is 1. The Hall–Kier alpha value is -3.18. The highest BCUT2D eigenvalue weighted by atomic mass is 32.1. The van der Waals surface area contributed by atoms with Gasteiger partial charge >= 0.3 is 0 Å². The Bertz CT molecular complexity index is 1210. The highest BCUT2D eigenvalue weighted by molar-refractivity contribution is 7.21. The highest BCUT2D eigenvalue weighted by Gasteiger charge is 2.15. The van der Waals surface area contributed by atoms with E-state index < -0.39 is 6.10 Å². The molecule has 3 aromatic carbocycles. The average molecular weight is 417 g/mol. The zero-order valence-corrected chi connectivity index (χ0v) is 18.3. The van der Waals surface area contributed by atoms with E-state index in [0.29, 0.717) is 5.75 Å². The number of hydrogen-bond acceptors (Lipinski definition) is 4. The van der Waals surface area contributed by atoms with E-state index >= 15 is 0 Å². The predicted molar refractivity (Wildman–Crippen MR) is 124 cm³/mol. The Balaban J connectivity index is 1.43. The van der Waals surface area contributed by atoms with Gasteiger partial charge in [0.15, 0.2) is 6.10 Å². The van der Waals surface area contributed by atoms with E-state index in [9.17, 15) is 4.79 Å². The molecule has 0 fully saturated rings. The fraction of sp³-hybridized carbons (Fsp3) is 0.200. The van der Waals surface area contributed by atoms with E-state index in [1.54, 1.807) is 18.3 Å². The summed E-state index contributed by atoms with van der Waals surface area (Å²) in [6, 6.07) is 19.9. The van der Waals surface area contributed by atoms with Crippen LogP contribution < -0.4 is 10.1 Å². The van der Waals surface area contributed by atoms with Crippen molar-refractivity contribution in [3.05, 3.63) is 77.4 Å². The normalized spacial score (nSPS) is 12.0. The second-order valence-electron chi connectivity index (χ2n) is 7.56. The minimum absolute atomic E-state index is 0.184. The number of fused-ring (bicyclic) bond motifs is 1. The Morgan fingerprint density at radius 2 is 1.73 bits per heavy atom. The van der Waals surface area contributed by atoms with Crippen molar-refractivity contribution in [2.45, 2.75) is 33.8 Å². The Morgan fingerprint density at radius 1 is 0.967 bits per heavy atom.